The lowest BCUT2D eigenvalue weighted by atomic mass is 10.1. The van der Waals surface area contributed by atoms with Crippen LogP contribution in [0.5, 0.6) is 0 Å². The Morgan fingerprint density at radius 2 is 1.79 bits per heavy atom. The van der Waals surface area contributed by atoms with E-state index in [0.717, 1.165) is 16.8 Å². The van der Waals surface area contributed by atoms with Crippen LogP contribution in [0.2, 0.25) is 0 Å². The first-order valence-electron chi connectivity index (χ1n) is 5.71. The summed E-state index contributed by atoms with van der Waals surface area (Å²) in [5.74, 6) is 0.245. The number of rotatable bonds is 3. The van der Waals surface area contributed by atoms with Gasteiger partial charge in [-0.2, -0.15) is 5.10 Å². The predicted molar refractivity (Wildman–Crippen MR) is 74.5 cm³/mol. The average Bonchev–Trinajstić information content (AvgIpc) is 2.68. The molecule has 2 rings (SSSR count). The molecule has 4 N–H and O–H groups in total. The number of hydrogen-bond donors (Lipinski definition) is 3. The third-order valence-corrected chi connectivity index (χ3v) is 4.27. The van der Waals surface area contributed by atoms with Crippen LogP contribution in [0.4, 0.5) is 11.5 Å². The standard InChI is InChI=1S/C12H16N4O2S/c1-7-4-10(13)11(5-8(7)2)19(17,18)16-12-6-9(3)14-15-12/h4-6H,13H2,1-3H3,(H2,14,15,16). The molecule has 19 heavy (non-hydrogen) atoms. The summed E-state index contributed by atoms with van der Waals surface area (Å²) in [6.45, 7) is 5.51. The number of aromatic amines is 1. The molecule has 0 bridgehead atoms. The summed E-state index contributed by atoms with van der Waals surface area (Å²) in [6, 6.07) is 4.82. The molecule has 102 valence electrons. The first kappa shape index (κ1) is 13.4. The maximum Gasteiger partial charge on any atom is 0.265 e. The molecule has 1 aromatic heterocycles. The Kier molecular flexibility index (Phi) is 3.23. The number of nitrogens with two attached hydrogens (primary N) is 1. The first-order chi connectivity index (χ1) is 8.79. The van der Waals surface area contributed by atoms with Crippen LogP contribution in [0, 0.1) is 20.8 Å². The van der Waals surface area contributed by atoms with Crippen molar-refractivity contribution in [2.75, 3.05) is 10.5 Å². The summed E-state index contributed by atoms with van der Waals surface area (Å²) in [5, 5.41) is 6.51. The van der Waals surface area contributed by atoms with Crippen molar-refractivity contribution < 1.29 is 8.42 Å². The zero-order chi connectivity index (χ0) is 14.2. The van der Waals surface area contributed by atoms with Crippen molar-refractivity contribution in [1.29, 1.82) is 0 Å². The molecule has 0 saturated carbocycles. The summed E-state index contributed by atoms with van der Waals surface area (Å²) in [6.07, 6.45) is 0. The van der Waals surface area contributed by atoms with Gasteiger partial charge in [-0.15, -0.1) is 0 Å². The van der Waals surface area contributed by atoms with E-state index in [0.29, 0.717) is 0 Å². The van der Waals surface area contributed by atoms with Crippen molar-refractivity contribution in [2.45, 2.75) is 25.7 Å². The van der Waals surface area contributed by atoms with E-state index in [2.05, 4.69) is 14.9 Å². The third kappa shape index (κ3) is 2.70. The van der Waals surface area contributed by atoms with Gasteiger partial charge in [0.2, 0.25) is 0 Å². The lowest BCUT2D eigenvalue weighted by molar-refractivity contribution is 0.601. The van der Waals surface area contributed by atoms with Gasteiger partial charge in [-0.25, -0.2) is 8.42 Å². The van der Waals surface area contributed by atoms with Crippen LogP contribution in [-0.2, 0) is 10.0 Å². The fraction of sp³-hybridized carbons (Fsp3) is 0.250. The number of aryl methyl sites for hydroxylation is 3. The Hall–Kier alpha value is -2.02. The second kappa shape index (κ2) is 4.58. The molecule has 0 saturated heterocycles. The topological polar surface area (TPSA) is 101 Å². The average molecular weight is 280 g/mol. The van der Waals surface area contributed by atoms with Crippen molar-refractivity contribution in [2.24, 2.45) is 0 Å². The van der Waals surface area contributed by atoms with Crippen molar-refractivity contribution in [3.8, 4) is 0 Å². The van der Waals surface area contributed by atoms with E-state index in [-0.39, 0.29) is 16.4 Å². The molecule has 0 amide bonds. The number of anilines is 2. The van der Waals surface area contributed by atoms with Crippen LogP contribution in [-0.4, -0.2) is 18.6 Å². The minimum Gasteiger partial charge on any atom is -0.398 e. The highest BCUT2D eigenvalue weighted by Crippen LogP contribution is 2.24. The highest BCUT2D eigenvalue weighted by Gasteiger charge is 2.19. The predicted octanol–water partition coefficient (Wildman–Crippen LogP) is 1.72. The monoisotopic (exact) mass is 280 g/mol. The molecule has 0 atom stereocenters. The molecule has 7 heteroatoms. The number of benzene rings is 1. The first-order valence-corrected chi connectivity index (χ1v) is 7.19. The Labute approximate surface area is 112 Å². The quantitative estimate of drug-likeness (QED) is 0.745. The largest absolute Gasteiger partial charge is 0.398 e. The zero-order valence-corrected chi connectivity index (χ0v) is 11.8. The van der Waals surface area contributed by atoms with Crippen LogP contribution in [0.3, 0.4) is 0 Å². The highest BCUT2D eigenvalue weighted by molar-refractivity contribution is 7.92. The summed E-state index contributed by atoms with van der Waals surface area (Å²) in [7, 11) is -3.73. The van der Waals surface area contributed by atoms with Crippen LogP contribution in [0.1, 0.15) is 16.8 Å². The van der Waals surface area contributed by atoms with Gasteiger partial charge in [0.25, 0.3) is 10.0 Å². The SMILES string of the molecule is Cc1cc(NS(=O)(=O)c2cc(C)c(C)cc2N)n[nH]1. The number of H-pyrrole nitrogens is 1. The van der Waals surface area contributed by atoms with Crippen molar-refractivity contribution >= 4 is 21.5 Å². The van der Waals surface area contributed by atoms with E-state index in [1.807, 2.05) is 13.8 Å². The zero-order valence-electron chi connectivity index (χ0n) is 11.0. The van der Waals surface area contributed by atoms with Crippen LogP contribution < -0.4 is 10.5 Å². The van der Waals surface area contributed by atoms with Gasteiger partial charge in [-0.05, 0) is 44.0 Å². The number of nitrogens with one attached hydrogen (secondary N) is 2. The molecule has 0 aliphatic carbocycles. The van der Waals surface area contributed by atoms with E-state index < -0.39 is 10.0 Å². The van der Waals surface area contributed by atoms with Gasteiger partial charge < -0.3 is 5.73 Å². The summed E-state index contributed by atoms with van der Waals surface area (Å²) >= 11 is 0. The number of hydrogen-bond acceptors (Lipinski definition) is 4. The molecule has 0 unspecified atom stereocenters. The fourth-order valence-corrected chi connectivity index (χ4v) is 2.90. The van der Waals surface area contributed by atoms with E-state index in [1.54, 1.807) is 25.1 Å². The van der Waals surface area contributed by atoms with E-state index >= 15 is 0 Å². The fourth-order valence-electron chi connectivity index (χ4n) is 1.71. The van der Waals surface area contributed by atoms with Crippen LogP contribution >= 0.6 is 0 Å². The number of sulfonamides is 1. The molecule has 0 spiro atoms. The van der Waals surface area contributed by atoms with E-state index in [9.17, 15) is 8.42 Å². The Morgan fingerprint density at radius 3 is 2.37 bits per heavy atom. The molecule has 0 radical (unpaired) electrons. The molecular weight excluding hydrogens is 264 g/mol. The molecular formula is C12H16N4O2S. The molecule has 1 heterocycles. The second-order valence-electron chi connectivity index (χ2n) is 4.52. The van der Waals surface area contributed by atoms with Gasteiger partial charge in [0.1, 0.15) is 4.90 Å². The Morgan fingerprint density at radius 1 is 1.16 bits per heavy atom. The minimum absolute atomic E-state index is 0.0660. The lowest BCUT2D eigenvalue weighted by Gasteiger charge is -2.10. The number of nitrogens with zero attached hydrogens (tertiary/aromatic N) is 1. The van der Waals surface area contributed by atoms with Gasteiger partial charge in [0.05, 0.1) is 5.69 Å². The van der Waals surface area contributed by atoms with Gasteiger partial charge >= 0.3 is 0 Å². The Balaban J connectivity index is 2.42. The molecule has 0 aliphatic rings. The molecule has 1 aromatic carbocycles. The summed E-state index contributed by atoms with van der Waals surface area (Å²) in [5.41, 5.74) is 8.60. The van der Waals surface area contributed by atoms with Crippen LogP contribution in [0.15, 0.2) is 23.1 Å². The summed E-state index contributed by atoms with van der Waals surface area (Å²) in [4.78, 5) is 0.0660. The van der Waals surface area contributed by atoms with Gasteiger partial charge in [0.15, 0.2) is 5.82 Å². The van der Waals surface area contributed by atoms with Gasteiger partial charge in [-0.1, -0.05) is 0 Å². The third-order valence-electron chi connectivity index (χ3n) is 2.86. The molecule has 0 fully saturated rings. The number of nitrogen functional groups attached to an aromatic ring is 1. The smallest absolute Gasteiger partial charge is 0.265 e. The van der Waals surface area contributed by atoms with Crippen LogP contribution in [0.25, 0.3) is 0 Å². The van der Waals surface area contributed by atoms with Crippen molar-refractivity contribution in [3.05, 3.63) is 35.0 Å². The number of aromatic nitrogens is 2. The molecule has 2 aromatic rings. The van der Waals surface area contributed by atoms with E-state index in [4.69, 9.17) is 5.73 Å². The summed E-state index contributed by atoms with van der Waals surface area (Å²) < 4.78 is 26.9. The highest BCUT2D eigenvalue weighted by atomic mass is 32.2. The maximum atomic E-state index is 12.3. The van der Waals surface area contributed by atoms with Gasteiger partial charge in [0, 0.05) is 11.8 Å². The second-order valence-corrected chi connectivity index (χ2v) is 6.17. The van der Waals surface area contributed by atoms with Gasteiger partial charge in [-0.3, -0.25) is 9.82 Å². The maximum absolute atomic E-state index is 12.3. The molecule has 0 aliphatic heterocycles. The normalized spacial score (nSPS) is 11.5. The minimum atomic E-state index is -3.73. The van der Waals surface area contributed by atoms with Crippen molar-refractivity contribution in [1.82, 2.24) is 10.2 Å². The molecule has 6 nitrogen and oxygen atoms in total. The lowest BCUT2D eigenvalue weighted by Crippen LogP contribution is -2.15. The van der Waals surface area contributed by atoms with E-state index in [1.165, 1.54) is 0 Å². The Bertz CT molecular complexity index is 719. The van der Waals surface area contributed by atoms with Crippen molar-refractivity contribution in [3.63, 3.8) is 0 Å².